The smallest absolute Gasteiger partial charge is 0.304 e. The fourth-order valence-electron chi connectivity index (χ4n) is 17.0. The third-order valence-corrected chi connectivity index (χ3v) is 24.1. The fourth-order valence-corrected chi connectivity index (χ4v) is 17.1. The molecule has 6 heterocycles. The average Bonchev–Trinajstić information content (AvgIpc) is 1.25. The van der Waals surface area contributed by atoms with E-state index in [2.05, 4.69) is 29.9 Å². The predicted molar refractivity (Wildman–Crippen MR) is 559 cm³/mol. The quantitative estimate of drug-likeness (QED) is 0.0289. The first-order chi connectivity index (χ1) is 69.6. The van der Waals surface area contributed by atoms with E-state index < -0.39 is 102 Å². The Morgan fingerprint density at radius 1 is 0.331 bits per heavy atom. The highest BCUT2D eigenvalue weighted by Crippen LogP contribution is 2.33. The number of aromatic nitrogens is 12. The Kier molecular flexibility index (Phi) is 39.1. The molecule has 13 rings (SSSR count). The van der Waals surface area contributed by atoms with E-state index in [9.17, 15) is 96.8 Å². The molecule has 6 aromatic heterocycles. The average molecular weight is 2020 g/mol. The Labute approximate surface area is 854 Å². The Morgan fingerprint density at radius 3 is 0.878 bits per heavy atom. The zero-order chi connectivity index (χ0) is 111. The molecule has 37 heteroatoms. The van der Waals surface area contributed by atoms with E-state index in [4.69, 9.17) is 32.6 Å². The standard InChI is InChI=1S/C20H20ClN3O3.C20H21N3O3.C20H23N3O3.C18H19N3O3.C17H17N3O3.C16H15N3O3/c1-5-15(21)10-24-17(16(11(2)3)19(26)23-20(24)27)18(25)14-7-12(4)6-13(8-14)9-22;1-11(2)16-17(18(24)15-7-12(3)6-14(8-15)9-21)23(10-13-4-5-13)20(26)22-19(16)25;1-6-22-17(16(12(3)4)19(25)23(7-2)20(22)26)18(24)15-9-13(5)8-14(10-15)11-21;1-5-21-15(14(10(2)3)17(23)20-18(21)24)16(22)13-7-11(4)6-12(8-13)9-19;1-9(2)13-14(20(4)17(23)19-16(13)22)15(21)12-6-10(3)5-11(7-12)8-18;1-8(2)12-13(18-16(22)19-15(12)21)14(20)11-5-9(3)4-10(6-11)7-17/h5-8,11H,10H2,1-4H3,(H,23,26,27);6-8,11,13H,4-5,10H2,1-3H3,(H,22,25,26);8-10,12H,6-7H2,1-5H3;6-8,10H,5H2,1-4H3,(H,20,23,24);5-7,9H,1-4H3,(H,19,22,23);4-6,8H,1-3H3,(H2,18,19,21,22)/b15-5-;;;;;. The predicted octanol–water partition coefficient (Wildman–Crippen LogP) is 13.6. The lowest BCUT2D eigenvalue weighted by atomic mass is 9.95. The van der Waals surface area contributed by atoms with E-state index in [0.29, 0.717) is 78.7 Å². The molecule has 0 atom stereocenters. The van der Waals surface area contributed by atoms with Crippen LogP contribution in [-0.4, -0.2) is 92.0 Å². The summed E-state index contributed by atoms with van der Waals surface area (Å²) >= 11 is 6.09. The molecular formula is C111H115ClN18O18. The van der Waals surface area contributed by atoms with Crippen LogP contribution >= 0.6 is 11.6 Å². The number of nitrogens with one attached hydrogen (secondary N) is 6. The molecule has 0 amide bonds. The summed E-state index contributed by atoms with van der Waals surface area (Å²) in [6, 6.07) is 40.8. The minimum absolute atomic E-state index is 0.00626. The summed E-state index contributed by atoms with van der Waals surface area (Å²) < 4.78 is 7.52. The van der Waals surface area contributed by atoms with Crippen molar-refractivity contribution in [1.29, 1.82) is 31.6 Å². The Hall–Kier alpha value is -17.6. The van der Waals surface area contributed by atoms with Gasteiger partial charge in [0.05, 0.1) is 82.0 Å². The van der Waals surface area contributed by atoms with Crippen molar-refractivity contribution in [3.05, 3.63) is 413 Å². The zero-order valence-electron chi connectivity index (χ0n) is 86.6. The molecule has 0 spiro atoms. The number of benzene rings is 6. The maximum atomic E-state index is 13.3. The first-order valence-corrected chi connectivity index (χ1v) is 47.9. The monoisotopic (exact) mass is 2020 g/mol. The number of nitrogens with zero attached hydrogens (tertiary/aromatic N) is 12. The van der Waals surface area contributed by atoms with Crippen LogP contribution in [0.2, 0.25) is 0 Å². The molecule has 0 radical (unpaired) electrons. The van der Waals surface area contributed by atoms with Crippen molar-refractivity contribution in [2.24, 2.45) is 13.0 Å². The molecule has 1 saturated carbocycles. The second kappa shape index (κ2) is 50.1. The first-order valence-electron chi connectivity index (χ1n) is 47.5. The SMILES string of the molecule is C/C=C(\Cl)Cn1c(C(=O)c2cc(C)cc(C#N)c2)c(C(C)C)c(=O)[nH]c1=O.CCn1c(C(=O)c2cc(C)cc(C#N)c2)c(C(C)C)c(=O)[nH]c1=O.CCn1c(C(=O)c2cc(C)cc(C#N)c2)c(C(C)C)c(=O)n(CC)c1=O.Cc1cc(C#N)cc(C(=O)c2[nH]c(=O)[nH]c(=O)c2C(C)C)c1.Cc1cc(C#N)cc(C(=O)c2c(C(C)C)c(=O)[nH]c(=O)n2C)c1.Cc1cc(C#N)cc(C(=O)c2c(C(C)C)c(=O)[nH]c(=O)n2CC2CC2)c1. The number of allylic oxidation sites excluding steroid dienone is 2. The van der Waals surface area contributed by atoms with Crippen molar-refractivity contribution >= 4 is 46.3 Å². The molecule has 12 aromatic rings. The van der Waals surface area contributed by atoms with E-state index >= 15 is 0 Å². The second-order valence-electron chi connectivity index (χ2n) is 37.4. The first kappa shape index (κ1) is 116. The maximum Gasteiger partial charge on any atom is 0.331 e. The molecule has 1 fully saturated rings. The van der Waals surface area contributed by atoms with Crippen LogP contribution < -0.4 is 67.5 Å². The van der Waals surface area contributed by atoms with Gasteiger partial charge in [-0.25, -0.2) is 28.8 Å². The Bertz CT molecular complexity index is 8470. The van der Waals surface area contributed by atoms with Crippen LogP contribution in [-0.2, 0) is 39.8 Å². The number of hydrogen-bond donors (Lipinski definition) is 6. The number of rotatable bonds is 25. The van der Waals surface area contributed by atoms with Gasteiger partial charge in [-0.1, -0.05) is 101 Å². The molecule has 0 bridgehead atoms. The molecule has 1 aliphatic carbocycles. The van der Waals surface area contributed by atoms with Crippen LogP contribution in [0.15, 0.2) is 178 Å². The molecule has 6 N–H and O–H groups in total. The van der Waals surface area contributed by atoms with Crippen molar-refractivity contribution in [2.45, 2.75) is 233 Å². The van der Waals surface area contributed by atoms with Gasteiger partial charge in [-0.3, -0.25) is 110 Å². The van der Waals surface area contributed by atoms with Crippen molar-refractivity contribution < 1.29 is 28.8 Å². The molecular weight excluding hydrogens is 1910 g/mol. The van der Waals surface area contributed by atoms with Gasteiger partial charge in [0.2, 0.25) is 34.7 Å². The molecule has 148 heavy (non-hydrogen) atoms. The minimum atomic E-state index is -0.731. The van der Waals surface area contributed by atoms with Crippen molar-refractivity contribution in [3.8, 4) is 36.4 Å². The highest BCUT2D eigenvalue weighted by molar-refractivity contribution is 6.29. The molecule has 36 nitrogen and oxygen atoms in total. The normalized spacial score (nSPS) is 11.3. The number of carbonyl (C=O) groups is 6. The second-order valence-corrected chi connectivity index (χ2v) is 37.9. The maximum absolute atomic E-state index is 13.3. The van der Waals surface area contributed by atoms with E-state index in [1.165, 1.54) is 61.7 Å². The molecule has 1 aliphatic rings. The van der Waals surface area contributed by atoms with Gasteiger partial charge in [0.15, 0.2) is 0 Å². The van der Waals surface area contributed by atoms with Gasteiger partial charge in [-0.15, -0.1) is 0 Å². The summed E-state index contributed by atoms with van der Waals surface area (Å²) in [4.78, 5) is 239. The van der Waals surface area contributed by atoms with Crippen LogP contribution in [0.1, 0.15) is 356 Å². The fraction of sp³-hybridized carbons (Fsp3) is 0.333. The van der Waals surface area contributed by atoms with E-state index in [1.54, 1.807) is 203 Å². The molecule has 6 aromatic carbocycles. The number of halogens is 1. The molecule has 0 unspecified atom stereocenters. The van der Waals surface area contributed by atoms with E-state index in [1.807, 2.05) is 64.1 Å². The van der Waals surface area contributed by atoms with Crippen LogP contribution in [0.25, 0.3) is 0 Å². The number of ketones is 6. The van der Waals surface area contributed by atoms with Crippen molar-refractivity contribution in [3.63, 3.8) is 0 Å². The van der Waals surface area contributed by atoms with E-state index in [0.717, 1.165) is 55.4 Å². The summed E-state index contributed by atoms with van der Waals surface area (Å²) in [6.07, 6.45) is 3.64. The van der Waals surface area contributed by atoms with Gasteiger partial charge >= 0.3 is 34.1 Å². The van der Waals surface area contributed by atoms with Crippen molar-refractivity contribution in [1.82, 2.24) is 57.3 Å². The highest BCUT2D eigenvalue weighted by atomic mass is 35.5. The largest absolute Gasteiger partial charge is 0.331 e. The van der Waals surface area contributed by atoms with Crippen LogP contribution in [0.3, 0.4) is 0 Å². The van der Waals surface area contributed by atoms with Crippen molar-refractivity contribution in [2.75, 3.05) is 0 Å². The Balaban J connectivity index is 0.000000217. The summed E-state index contributed by atoms with van der Waals surface area (Å²) in [5.74, 6) is -3.73. The lowest BCUT2D eigenvalue weighted by Crippen LogP contribution is -2.44. The molecule has 0 saturated heterocycles. The van der Waals surface area contributed by atoms with Gasteiger partial charge in [0, 0.05) is 105 Å². The summed E-state index contributed by atoms with van der Waals surface area (Å²) in [5, 5.41) is 55.0. The number of aromatic amines is 6. The summed E-state index contributed by atoms with van der Waals surface area (Å²) in [5.41, 5.74) is 3.45. The third-order valence-electron chi connectivity index (χ3n) is 23.8. The number of nitriles is 6. The number of carbonyl (C=O) groups excluding carboxylic acids is 6. The van der Waals surface area contributed by atoms with Crippen LogP contribution in [0.5, 0.6) is 0 Å². The number of hydrogen-bond acceptors (Lipinski definition) is 24. The van der Waals surface area contributed by atoms with E-state index in [-0.39, 0.29) is 135 Å². The third kappa shape index (κ3) is 27.1. The molecule has 0 aliphatic heterocycles. The van der Waals surface area contributed by atoms with Gasteiger partial charge in [-0.2, -0.15) is 31.6 Å². The van der Waals surface area contributed by atoms with Gasteiger partial charge in [0.1, 0.15) is 28.5 Å². The lowest BCUT2D eigenvalue weighted by Gasteiger charge is -2.19. The lowest BCUT2D eigenvalue weighted by molar-refractivity contribution is 0.101. The highest BCUT2D eigenvalue weighted by Gasteiger charge is 2.34. The van der Waals surface area contributed by atoms with Crippen LogP contribution in [0, 0.1) is 115 Å². The summed E-state index contributed by atoms with van der Waals surface area (Å²) in [6.45, 7) is 40.3. The van der Waals surface area contributed by atoms with Gasteiger partial charge in [0.25, 0.3) is 33.4 Å². The minimum Gasteiger partial charge on any atom is -0.304 e. The summed E-state index contributed by atoms with van der Waals surface area (Å²) in [7, 11) is 1.44. The topological polar surface area (TPSA) is 574 Å². The number of aryl methyl sites for hydroxylation is 6. The van der Waals surface area contributed by atoms with Gasteiger partial charge < -0.3 is 4.98 Å². The number of H-pyrrole nitrogens is 6. The Morgan fingerprint density at radius 2 is 0.588 bits per heavy atom. The van der Waals surface area contributed by atoms with Gasteiger partial charge in [-0.05, 0) is 266 Å². The van der Waals surface area contributed by atoms with Crippen LogP contribution in [0.4, 0.5) is 0 Å². The zero-order valence-corrected chi connectivity index (χ0v) is 87.3. The molecule has 764 valence electrons.